The molecule has 80 valence electrons. The van der Waals surface area contributed by atoms with E-state index in [1.54, 1.807) is 24.1 Å². The molecule has 0 spiro atoms. The Bertz CT molecular complexity index is 392. The third kappa shape index (κ3) is 3.11. The number of thiol groups is 1. The van der Waals surface area contributed by atoms with E-state index in [0.717, 1.165) is 9.37 Å². The van der Waals surface area contributed by atoms with Gasteiger partial charge in [0.25, 0.3) is 5.91 Å². The Kier molecular flexibility index (Phi) is 4.42. The topological polar surface area (TPSA) is 20.3 Å². The van der Waals surface area contributed by atoms with Crippen LogP contribution in [0.5, 0.6) is 0 Å². The van der Waals surface area contributed by atoms with Gasteiger partial charge in [-0.05, 0) is 34.1 Å². The largest absolute Gasteiger partial charge is 0.338 e. The second-order valence-corrected chi connectivity index (χ2v) is 4.51. The van der Waals surface area contributed by atoms with Gasteiger partial charge in [-0.1, -0.05) is 6.08 Å². The van der Waals surface area contributed by atoms with Crippen molar-refractivity contribution < 1.29 is 4.79 Å². The molecule has 0 aliphatic heterocycles. The van der Waals surface area contributed by atoms with Gasteiger partial charge < -0.3 is 4.90 Å². The van der Waals surface area contributed by atoms with Crippen LogP contribution in [0.4, 0.5) is 0 Å². The molecule has 0 saturated heterocycles. The van der Waals surface area contributed by atoms with Gasteiger partial charge >= 0.3 is 0 Å². The van der Waals surface area contributed by atoms with E-state index < -0.39 is 0 Å². The molecule has 0 aliphatic rings. The monoisotopic (exact) mass is 285 g/mol. The zero-order valence-corrected chi connectivity index (χ0v) is 10.9. The third-order valence-electron chi connectivity index (χ3n) is 1.93. The summed E-state index contributed by atoms with van der Waals surface area (Å²) in [6, 6.07) is 5.39. The number of hydrogen-bond donors (Lipinski definition) is 1. The summed E-state index contributed by atoms with van der Waals surface area (Å²) in [5.41, 5.74) is 0.617. The lowest BCUT2D eigenvalue weighted by molar-refractivity contribution is 0.0809. The molecule has 15 heavy (non-hydrogen) atoms. The molecule has 2 nitrogen and oxygen atoms in total. The van der Waals surface area contributed by atoms with Gasteiger partial charge in [0.05, 0.1) is 5.56 Å². The third-order valence-corrected chi connectivity index (χ3v) is 2.90. The molecule has 0 unspecified atom stereocenters. The normalized spacial score (nSPS) is 9.80. The molecular formula is C11H12BrNOS. The highest BCUT2D eigenvalue weighted by Gasteiger charge is 2.13. The smallest absolute Gasteiger partial charge is 0.255 e. The summed E-state index contributed by atoms with van der Waals surface area (Å²) in [6.07, 6.45) is 1.69. The van der Waals surface area contributed by atoms with Gasteiger partial charge in [-0.15, -0.1) is 19.2 Å². The highest BCUT2D eigenvalue weighted by Crippen LogP contribution is 2.21. The predicted octanol–water partition coefficient (Wildman–Crippen LogP) is 3.00. The second kappa shape index (κ2) is 5.37. The molecule has 0 aliphatic carbocycles. The lowest BCUT2D eigenvalue weighted by atomic mass is 10.2. The summed E-state index contributed by atoms with van der Waals surface area (Å²) in [5, 5.41) is 0. The van der Waals surface area contributed by atoms with Gasteiger partial charge in [-0.3, -0.25) is 4.79 Å². The number of hydrogen-bond acceptors (Lipinski definition) is 2. The molecule has 0 N–H and O–H groups in total. The van der Waals surface area contributed by atoms with Crippen LogP contribution in [0, 0.1) is 0 Å². The summed E-state index contributed by atoms with van der Waals surface area (Å²) in [6.45, 7) is 4.13. The summed E-state index contributed by atoms with van der Waals surface area (Å²) >= 11 is 7.55. The minimum absolute atomic E-state index is 0.0438. The molecule has 1 amide bonds. The van der Waals surface area contributed by atoms with Crippen molar-refractivity contribution in [3.63, 3.8) is 0 Å². The summed E-state index contributed by atoms with van der Waals surface area (Å²) in [4.78, 5) is 14.3. The number of halogens is 1. The van der Waals surface area contributed by atoms with E-state index in [1.807, 2.05) is 12.1 Å². The Morgan fingerprint density at radius 1 is 1.67 bits per heavy atom. The first kappa shape index (κ1) is 12.3. The first-order valence-electron chi connectivity index (χ1n) is 4.41. The predicted molar refractivity (Wildman–Crippen MR) is 68.6 cm³/mol. The van der Waals surface area contributed by atoms with Gasteiger partial charge in [0.1, 0.15) is 0 Å². The molecule has 0 atom stereocenters. The maximum Gasteiger partial charge on any atom is 0.255 e. The summed E-state index contributed by atoms with van der Waals surface area (Å²) < 4.78 is 0.779. The number of rotatable bonds is 3. The molecule has 4 heteroatoms. The van der Waals surface area contributed by atoms with E-state index >= 15 is 0 Å². The number of carbonyl (C=O) groups is 1. The van der Waals surface area contributed by atoms with Crippen LogP contribution >= 0.6 is 28.6 Å². The molecule has 0 radical (unpaired) electrons. The SMILES string of the molecule is C=CCN(C)C(=O)c1cc(S)ccc1Br. The van der Waals surface area contributed by atoms with Crippen molar-refractivity contribution in [2.75, 3.05) is 13.6 Å². The van der Waals surface area contributed by atoms with Crippen molar-refractivity contribution in [2.24, 2.45) is 0 Å². The van der Waals surface area contributed by atoms with Crippen LogP contribution in [0.15, 0.2) is 40.2 Å². The first-order valence-corrected chi connectivity index (χ1v) is 5.65. The van der Waals surface area contributed by atoms with E-state index in [9.17, 15) is 4.79 Å². The van der Waals surface area contributed by atoms with Crippen molar-refractivity contribution in [2.45, 2.75) is 4.90 Å². The van der Waals surface area contributed by atoms with Crippen LogP contribution in [-0.2, 0) is 0 Å². The first-order chi connectivity index (χ1) is 7.06. The minimum Gasteiger partial charge on any atom is -0.338 e. The van der Waals surface area contributed by atoms with Crippen LogP contribution in [0.2, 0.25) is 0 Å². The van der Waals surface area contributed by atoms with Gasteiger partial charge in [0, 0.05) is 23.0 Å². The van der Waals surface area contributed by atoms with Crippen molar-refractivity contribution in [1.82, 2.24) is 4.90 Å². The van der Waals surface area contributed by atoms with E-state index in [4.69, 9.17) is 0 Å². The van der Waals surface area contributed by atoms with Crippen LogP contribution in [0.3, 0.4) is 0 Å². The Morgan fingerprint density at radius 2 is 2.33 bits per heavy atom. The van der Waals surface area contributed by atoms with Crippen LogP contribution in [0.25, 0.3) is 0 Å². The Labute approximate surface area is 104 Å². The highest BCUT2D eigenvalue weighted by atomic mass is 79.9. The molecule has 1 rings (SSSR count). The fourth-order valence-electron chi connectivity index (χ4n) is 1.16. The maximum atomic E-state index is 11.9. The molecule has 0 aromatic heterocycles. The van der Waals surface area contributed by atoms with Crippen LogP contribution in [0.1, 0.15) is 10.4 Å². The molecule has 0 bridgehead atoms. The fraction of sp³-hybridized carbons (Fsp3) is 0.182. The molecule has 0 fully saturated rings. The molecule has 1 aromatic carbocycles. The molecule has 0 saturated carbocycles. The molecule has 1 aromatic rings. The van der Waals surface area contributed by atoms with Crippen molar-refractivity contribution in [1.29, 1.82) is 0 Å². The van der Waals surface area contributed by atoms with Crippen molar-refractivity contribution in [3.05, 3.63) is 40.9 Å². The quantitative estimate of drug-likeness (QED) is 0.669. The van der Waals surface area contributed by atoms with Gasteiger partial charge in [-0.25, -0.2) is 0 Å². The standard InChI is InChI=1S/C11H12BrNOS/c1-3-6-13(2)11(14)9-7-8(15)4-5-10(9)12/h3-5,7,15H,1,6H2,2H3. The van der Waals surface area contributed by atoms with E-state index in [-0.39, 0.29) is 5.91 Å². The lowest BCUT2D eigenvalue weighted by Crippen LogP contribution is -2.26. The Morgan fingerprint density at radius 3 is 2.93 bits per heavy atom. The van der Waals surface area contributed by atoms with E-state index in [0.29, 0.717) is 12.1 Å². The molecular weight excluding hydrogens is 274 g/mol. The minimum atomic E-state index is -0.0438. The zero-order valence-electron chi connectivity index (χ0n) is 8.40. The number of nitrogens with zero attached hydrogens (tertiary/aromatic N) is 1. The second-order valence-electron chi connectivity index (χ2n) is 3.14. The fourth-order valence-corrected chi connectivity index (χ4v) is 1.78. The number of likely N-dealkylation sites (N-methyl/N-ethyl adjacent to an activating group) is 1. The summed E-state index contributed by atoms with van der Waals surface area (Å²) in [5.74, 6) is -0.0438. The summed E-state index contributed by atoms with van der Waals surface area (Å²) in [7, 11) is 1.74. The van der Waals surface area contributed by atoms with E-state index in [2.05, 4.69) is 35.1 Å². The average Bonchev–Trinajstić information content (AvgIpc) is 2.21. The van der Waals surface area contributed by atoms with Crippen LogP contribution < -0.4 is 0 Å². The lowest BCUT2D eigenvalue weighted by Gasteiger charge is -2.15. The number of carbonyl (C=O) groups excluding carboxylic acids is 1. The average molecular weight is 286 g/mol. The maximum absolute atomic E-state index is 11.9. The van der Waals surface area contributed by atoms with Gasteiger partial charge in [0.2, 0.25) is 0 Å². The van der Waals surface area contributed by atoms with Crippen molar-refractivity contribution in [3.8, 4) is 0 Å². The van der Waals surface area contributed by atoms with Gasteiger partial charge in [-0.2, -0.15) is 0 Å². The number of amides is 1. The zero-order chi connectivity index (χ0) is 11.4. The van der Waals surface area contributed by atoms with Crippen molar-refractivity contribution >= 4 is 34.5 Å². The van der Waals surface area contributed by atoms with E-state index in [1.165, 1.54) is 0 Å². The highest BCUT2D eigenvalue weighted by molar-refractivity contribution is 9.10. The Hall–Kier alpha value is -0.740. The number of benzene rings is 1. The van der Waals surface area contributed by atoms with Crippen LogP contribution in [-0.4, -0.2) is 24.4 Å². The van der Waals surface area contributed by atoms with Gasteiger partial charge in [0.15, 0.2) is 0 Å². The Balaban J connectivity index is 2.99. The molecule has 0 heterocycles.